The topological polar surface area (TPSA) is 49.3 Å². The maximum Gasteiger partial charge on any atom is 0.259 e. The van der Waals surface area contributed by atoms with Gasteiger partial charge in [-0.1, -0.05) is 33.6 Å². The Kier molecular flexibility index (Phi) is 4.12. The number of phenols is 1. The van der Waals surface area contributed by atoms with Crippen molar-refractivity contribution in [3.63, 3.8) is 0 Å². The average molecular weight is 341 g/mol. The van der Waals surface area contributed by atoms with Crippen molar-refractivity contribution in [2.75, 3.05) is 5.32 Å². The highest BCUT2D eigenvalue weighted by molar-refractivity contribution is 9.10. The number of anilines is 1. The fourth-order valence-corrected chi connectivity index (χ4v) is 2.11. The van der Waals surface area contributed by atoms with Gasteiger partial charge in [-0.25, -0.2) is 0 Å². The normalized spacial score (nSPS) is 10.3. The predicted octanol–water partition coefficient (Wildman–Crippen LogP) is 4.37. The number of rotatable bonds is 2. The minimum Gasteiger partial charge on any atom is -0.507 e. The highest BCUT2D eigenvalue weighted by Crippen LogP contribution is 2.24. The minimum atomic E-state index is -0.407. The molecule has 0 heterocycles. The molecule has 2 aromatic rings. The van der Waals surface area contributed by atoms with Crippen molar-refractivity contribution in [1.29, 1.82) is 0 Å². The molecule has 98 valence electrons. The van der Waals surface area contributed by atoms with Gasteiger partial charge >= 0.3 is 0 Å². The molecular weight excluding hydrogens is 330 g/mol. The number of carbonyl (C=O) groups excluding carboxylic acids is 1. The molecule has 0 unspecified atom stereocenters. The third-order valence-electron chi connectivity index (χ3n) is 2.63. The summed E-state index contributed by atoms with van der Waals surface area (Å²) in [6.07, 6.45) is 0. The van der Waals surface area contributed by atoms with Crippen molar-refractivity contribution < 1.29 is 9.90 Å². The van der Waals surface area contributed by atoms with Crippen LogP contribution in [0.4, 0.5) is 5.69 Å². The lowest BCUT2D eigenvalue weighted by Gasteiger charge is -2.08. The predicted molar refractivity (Wildman–Crippen MR) is 79.9 cm³/mol. The number of aryl methyl sites for hydroxylation is 1. The van der Waals surface area contributed by atoms with E-state index >= 15 is 0 Å². The summed E-state index contributed by atoms with van der Waals surface area (Å²) in [6, 6.07) is 9.82. The Morgan fingerprint density at radius 1 is 1.26 bits per heavy atom. The highest BCUT2D eigenvalue weighted by atomic mass is 79.9. The summed E-state index contributed by atoms with van der Waals surface area (Å²) in [6.45, 7) is 1.96. The van der Waals surface area contributed by atoms with Crippen LogP contribution in [0.15, 0.2) is 40.9 Å². The number of carbonyl (C=O) groups is 1. The van der Waals surface area contributed by atoms with Crippen LogP contribution in [0.5, 0.6) is 5.75 Å². The Balaban J connectivity index is 2.25. The van der Waals surface area contributed by atoms with Gasteiger partial charge in [0.15, 0.2) is 0 Å². The van der Waals surface area contributed by atoms with Crippen LogP contribution in [0.2, 0.25) is 5.02 Å². The molecule has 0 atom stereocenters. The Labute approximate surface area is 124 Å². The van der Waals surface area contributed by atoms with E-state index in [-0.39, 0.29) is 11.3 Å². The first kappa shape index (κ1) is 13.9. The Morgan fingerprint density at radius 2 is 2.00 bits per heavy atom. The van der Waals surface area contributed by atoms with Crippen LogP contribution < -0.4 is 5.32 Å². The molecule has 2 N–H and O–H groups in total. The van der Waals surface area contributed by atoms with Crippen molar-refractivity contribution in [2.45, 2.75) is 6.92 Å². The molecule has 0 fully saturated rings. The van der Waals surface area contributed by atoms with E-state index < -0.39 is 5.91 Å². The molecule has 3 nitrogen and oxygen atoms in total. The number of hydrogen-bond donors (Lipinski definition) is 2. The molecule has 0 bridgehead atoms. The second kappa shape index (κ2) is 5.63. The van der Waals surface area contributed by atoms with E-state index in [1.807, 2.05) is 13.0 Å². The maximum absolute atomic E-state index is 12.0. The Hall–Kier alpha value is -1.52. The zero-order chi connectivity index (χ0) is 14.0. The maximum atomic E-state index is 12.0. The molecule has 0 aliphatic rings. The molecule has 0 aromatic heterocycles. The lowest BCUT2D eigenvalue weighted by molar-refractivity contribution is 0.102. The van der Waals surface area contributed by atoms with E-state index in [0.29, 0.717) is 10.7 Å². The number of amides is 1. The van der Waals surface area contributed by atoms with Gasteiger partial charge < -0.3 is 10.4 Å². The van der Waals surface area contributed by atoms with Gasteiger partial charge in [0.25, 0.3) is 5.91 Å². The molecule has 2 rings (SSSR count). The van der Waals surface area contributed by atoms with Crippen molar-refractivity contribution in [3.8, 4) is 5.75 Å². The molecule has 0 spiro atoms. The largest absolute Gasteiger partial charge is 0.507 e. The zero-order valence-electron chi connectivity index (χ0n) is 10.1. The van der Waals surface area contributed by atoms with E-state index in [2.05, 4.69) is 21.2 Å². The Bertz CT molecular complexity index is 643. The van der Waals surface area contributed by atoms with Gasteiger partial charge in [0.1, 0.15) is 5.75 Å². The summed E-state index contributed by atoms with van der Waals surface area (Å²) >= 11 is 9.21. The summed E-state index contributed by atoms with van der Waals surface area (Å²) in [7, 11) is 0. The summed E-state index contributed by atoms with van der Waals surface area (Å²) < 4.78 is 0.903. The molecule has 2 aromatic carbocycles. The summed E-state index contributed by atoms with van der Waals surface area (Å²) in [4.78, 5) is 12.0. The standard InChI is InChI=1S/C14H11BrClNO2/c1-8-2-4-10(7-12(8)15)17-14(19)11-6-9(16)3-5-13(11)18/h2-7,18H,1H3,(H,17,19). The van der Waals surface area contributed by atoms with E-state index in [1.165, 1.54) is 18.2 Å². The molecular formula is C14H11BrClNO2. The fourth-order valence-electron chi connectivity index (χ4n) is 1.56. The third-order valence-corrected chi connectivity index (χ3v) is 3.72. The molecule has 0 aliphatic heterocycles. The average Bonchev–Trinajstić information content (AvgIpc) is 2.36. The summed E-state index contributed by atoms with van der Waals surface area (Å²) in [5.41, 5.74) is 1.86. The monoisotopic (exact) mass is 339 g/mol. The van der Waals surface area contributed by atoms with Crippen LogP contribution >= 0.6 is 27.5 Å². The number of phenolic OH excluding ortho intramolecular Hbond substituents is 1. The van der Waals surface area contributed by atoms with E-state index in [9.17, 15) is 9.90 Å². The SMILES string of the molecule is Cc1ccc(NC(=O)c2cc(Cl)ccc2O)cc1Br. The fraction of sp³-hybridized carbons (Fsp3) is 0.0714. The minimum absolute atomic E-state index is 0.104. The van der Waals surface area contributed by atoms with Crippen LogP contribution in [0, 0.1) is 6.92 Å². The first-order chi connectivity index (χ1) is 8.97. The van der Waals surface area contributed by atoms with Gasteiger partial charge in [-0.3, -0.25) is 4.79 Å². The van der Waals surface area contributed by atoms with Gasteiger partial charge in [0.05, 0.1) is 5.56 Å². The number of hydrogen-bond acceptors (Lipinski definition) is 2. The second-order valence-corrected chi connectivity index (χ2v) is 5.37. The van der Waals surface area contributed by atoms with Crippen LogP contribution in [-0.2, 0) is 0 Å². The molecule has 19 heavy (non-hydrogen) atoms. The quantitative estimate of drug-likeness (QED) is 0.853. The highest BCUT2D eigenvalue weighted by Gasteiger charge is 2.12. The van der Waals surface area contributed by atoms with Gasteiger partial charge in [-0.05, 0) is 42.8 Å². The van der Waals surface area contributed by atoms with Crippen molar-refractivity contribution in [3.05, 3.63) is 57.0 Å². The lowest BCUT2D eigenvalue weighted by Crippen LogP contribution is -2.12. The van der Waals surface area contributed by atoms with E-state index in [4.69, 9.17) is 11.6 Å². The molecule has 0 saturated carbocycles. The van der Waals surface area contributed by atoms with Gasteiger partial charge in [-0.15, -0.1) is 0 Å². The molecule has 5 heteroatoms. The van der Waals surface area contributed by atoms with Crippen LogP contribution in [0.3, 0.4) is 0 Å². The van der Waals surface area contributed by atoms with E-state index in [1.54, 1.807) is 12.1 Å². The van der Waals surface area contributed by atoms with Gasteiger partial charge in [-0.2, -0.15) is 0 Å². The smallest absolute Gasteiger partial charge is 0.259 e. The lowest BCUT2D eigenvalue weighted by atomic mass is 10.1. The molecule has 0 radical (unpaired) electrons. The second-order valence-electron chi connectivity index (χ2n) is 4.08. The van der Waals surface area contributed by atoms with Crippen LogP contribution in [0.1, 0.15) is 15.9 Å². The van der Waals surface area contributed by atoms with Gasteiger partial charge in [0, 0.05) is 15.2 Å². The summed E-state index contributed by atoms with van der Waals surface area (Å²) in [5.74, 6) is -0.510. The number of aromatic hydroxyl groups is 1. The van der Waals surface area contributed by atoms with E-state index in [0.717, 1.165) is 10.0 Å². The number of benzene rings is 2. The first-order valence-corrected chi connectivity index (χ1v) is 6.70. The first-order valence-electron chi connectivity index (χ1n) is 5.53. The molecule has 0 aliphatic carbocycles. The zero-order valence-corrected chi connectivity index (χ0v) is 12.4. The number of nitrogens with one attached hydrogen (secondary N) is 1. The summed E-state index contributed by atoms with van der Waals surface area (Å²) in [5, 5.41) is 12.8. The number of halogens is 2. The van der Waals surface area contributed by atoms with Gasteiger partial charge in [0.2, 0.25) is 0 Å². The van der Waals surface area contributed by atoms with Crippen molar-refractivity contribution in [1.82, 2.24) is 0 Å². The van der Waals surface area contributed by atoms with Crippen molar-refractivity contribution >= 4 is 39.1 Å². The van der Waals surface area contributed by atoms with Crippen LogP contribution in [-0.4, -0.2) is 11.0 Å². The third kappa shape index (κ3) is 3.28. The Morgan fingerprint density at radius 3 is 2.68 bits per heavy atom. The van der Waals surface area contributed by atoms with Crippen molar-refractivity contribution in [2.24, 2.45) is 0 Å². The molecule has 0 saturated heterocycles. The molecule has 1 amide bonds. The van der Waals surface area contributed by atoms with Crippen LogP contribution in [0.25, 0.3) is 0 Å².